The van der Waals surface area contributed by atoms with Gasteiger partial charge in [0.2, 0.25) is 0 Å². The maximum Gasteiger partial charge on any atom is 0.271 e. The van der Waals surface area contributed by atoms with Crippen molar-refractivity contribution in [2.45, 2.75) is 32.2 Å². The molecule has 2 rings (SSSR count). The van der Waals surface area contributed by atoms with Gasteiger partial charge in [0.1, 0.15) is 11.5 Å². The molecule has 21 heavy (non-hydrogen) atoms. The summed E-state index contributed by atoms with van der Waals surface area (Å²) in [6, 6.07) is -0.131. The van der Waals surface area contributed by atoms with Gasteiger partial charge in [-0.05, 0) is 12.8 Å². The quantitative estimate of drug-likeness (QED) is 0.746. The maximum atomic E-state index is 11.7. The molecule has 7 nitrogen and oxygen atoms in total. The monoisotopic (exact) mass is 312 g/mol. The van der Waals surface area contributed by atoms with Crippen LogP contribution in [-0.4, -0.2) is 48.4 Å². The molecule has 1 aromatic rings. The second kappa shape index (κ2) is 6.84. The lowest BCUT2D eigenvalue weighted by Gasteiger charge is -2.11. The van der Waals surface area contributed by atoms with E-state index in [-0.39, 0.29) is 29.1 Å². The van der Waals surface area contributed by atoms with Crippen molar-refractivity contribution in [3.05, 3.63) is 18.1 Å². The Hall–Kier alpha value is -1.70. The van der Waals surface area contributed by atoms with Gasteiger partial charge >= 0.3 is 0 Å². The number of hydrogen-bond donors (Lipinski definition) is 2. The number of anilines is 1. The molecule has 0 bridgehead atoms. The van der Waals surface area contributed by atoms with Gasteiger partial charge in [-0.3, -0.25) is 4.79 Å². The number of amides is 1. The number of carbonyl (C=O) groups excluding carboxylic acids is 1. The zero-order valence-electron chi connectivity index (χ0n) is 12.0. The first-order valence-electron chi connectivity index (χ1n) is 7.07. The number of aromatic nitrogens is 2. The molecule has 1 aliphatic heterocycles. The fourth-order valence-corrected chi connectivity index (χ4v) is 3.78. The average molecular weight is 312 g/mol. The van der Waals surface area contributed by atoms with Crippen molar-refractivity contribution in [1.29, 1.82) is 0 Å². The number of nitrogens with one attached hydrogen (secondary N) is 2. The Bertz CT molecular complexity index is 586. The molecule has 0 aromatic carbocycles. The minimum Gasteiger partial charge on any atom is -0.365 e. The minimum atomic E-state index is -2.92. The normalized spacial score (nSPS) is 20.1. The summed E-state index contributed by atoms with van der Waals surface area (Å²) in [6.07, 6.45) is 5.37. The van der Waals surface area contributed by atoms with Gasteiger partial charge in [-0.2, -0.15) is 0 Å². The third-order valence-corrected chi connectivity index (χ3v) is 5.05. The molecule has 1 atom stereocenters. The zero-order chi connectivity index (χ0) is 15.3. The molecule has 1 aliphatic rings. The van der Waals surface area contributed by atoms with E-state index >= 15 is 0 Å². The van der Waals surface area contributed by atoms with Crippen LogP contribution in [0.1, 0.15) is 36.7 Å². The zero-order valence-corrected chi connectivity index (χ0v) is 12.8. The van der Waals surface area contributed by atoms with E-state index in [1.54, 1.807) is 0 Å². The average Bonchev–Trinajstić information content (AvgIpc) is 2.79. The highest BCUT2D eigenvalue weighted by molar-refractivity contribution is 7.91. The lowest BCUT2D eigenvalue weighted by Crippen LogP contribution is -2.26. The molecular weight excluding hydrogens is 292 g/mol. The van der Waals surface area contributed by atoms with Crippen LogP contribution >= 0.6 is 0 Å². The van der Waals surface area contributed by atoms with Crippen molar-refractivity contribution in [1.82, 2.24) is 15.3 Å². The van der Waals surface area contributed by atoms with Crippen LogP contribution < -0.4 is 10.6 Å². The molecule has 8 heteroatoms. The molecule has 1 fully saturated rings. The number of unbranched alkanes of at least 4 members (excludes halogenated alkanes) is 1. The van der Waals surface area contributed by atoms with Crippen molar-refractivity contribution in [2.24, 2.45) is 0 Å². The highest BCUT2D eigenvalue weighted by atomic mass is 32.2. The minimum absolute atomic E-state index is 0.119. The van der Waals surface area contributed by atoms with Gasteiger partial charge in [-0.25, -0.2) is 18.4 Å². The number of rotatable bonds is 6. The fourth-order valence-electron chi connectivity index (χ4n) is 2.11. The Morgan fingerprint density at radius 2 is 2.19 bits per heavy atom. The molecule has 116 valence electrons. The number of hydrogen-bond acceptors (Lipinski definition) is 6. The predicted molar refractivity (Wildman–Crippen MR) is 80.0 cm³/mol. The van der Waals surface area contributed by atoms with Crippen LogP contribution in [-0.2, 0) is 9.84 Å². The fraction of sp³-hybridized carbons (Fsp3) is 0.615. The lowest BCUT2D eigenvalue weighted by atomic mass is 10.2. The maximum absolute atomic E-state index is 11.7. The Morgan fingerprint density at radius 3 is 2.76 bits per heavy atom. The molecule has 1 unspecified atom stereocenters. The molecule has 2 N–H and O–H groups in total. The summed E-state index contributed by atoms with van der Waals surface area (Å²) in [5.74, 6) is 0.567. The van der Waals surface area contributed by atoms with E-state index in [4.69, 9.17) is 0 Å². The standard InChI is InChI=1S/C13H20N4O3S/c1-2-3-5-14-13(18)11-7-16-12(8-15-11)17-10-4-6-21(19,20)9-10/h7-8,10H,2-6,9H2,1H3,(H,14,18)(H,16,17). The Morgan fingerprint density at radius 1 is 1.38 bits per heavy atom. The molecular formula is C13H20N4O3S. The first kappa shape index (κ1) is 15.7. The molecule has 0 aliphatic carbocycles. The van der Waals surface area contributed by atoms with Crippen molar-refractivity contribution in [2.75, 3.05) is 23.4 Å². The van der Waals surface area contributed by atoms with Gasteiger partial charge in [0, 0.05) is 12.6 Å². The van der Waals surface area contributed by atoms with Crippen LogP contribution in [0.25, 0.3) is 0 Å². The van der Waals surface area contributed by atoms with E-state index < -0.39 is 9.84 Å². The highest BCUT2D eigenvalue weighted by Gasteiger charge is 2.27. The molecule has 1 saturated heterocycles. The third-order valence-electron chi connectivity index (χ3n) is 3.28. The van der Waals surface area contributed by atoms with E-state index in [1.165, 1.54) is 12.4 Å². The second-order valence-electron chi connectivity index (χ2n) is 5.14. The molecule has 1 amide bonds. The third kappa shape index (κ3) is 4.66. The summed E-state index contributed by atoms with van der Waals surface area (Å²) in [5.41, 5.74) is 0.260. The second-order valence-corrected chi connectivity index (χ2v) is 7.37. The van der Waals surface area contributed by atoms with E-state index in [9.17, 15) is 13.2 Å². The van der Waals surface area contributed by atoms with Crippen molar-refractivity contribution in [3.63, 3.8) is 0 Å². The number of carbonyl (C=O) groups is 1. The summed E-state index contributed by atoms with van der Waals surface area (Å²) < 4.78 is 22.7. The Labute approximate surface area is 124 Å². The van der Waals surface area contributed by atoms with E-state index in [2.05, 4.69) is 27.5 Å². The van der Waals surface area contributed by atoms with Gasteiger partial charge in [0.05, 0.1) is 23.9 Å². The van der Waals surface area contributed by atoms with Crippen LogP contribution in [0.3, 0.4) is 0 Å². The summed E-state index contributed by atoms with van der Waals surface area (Å²) >= 11 is 0. The first-order valence-corrected chi connectivity index (χ1v) is 8.89. The number of sulfone groups is 1. The summed E-state index contributed by atoms with van der Waals surface area (Å²) in [7, 11) is -2.92. The summed E-state index contributed by atoms with van der Waals surface area (Å²) in [5, 5.41) is 5.79. The summed E-state index contributed by atoms with van der Waals surface area (Å²) in [4.78, 5) is 19.9. The Balaban J connectivity index is 1.88. The smallest absolute Gasteiger partial charge is 0.271 e. The van der Waals surface area contributed by atoms with Gasteiger partial charge in [-0.15, -0.1) is 0 Å². The predicted octanol–water partition coefficient (Wildman–Crippen LogP) is 0.606. The van der Waals surface area contributed by atoms with Crippen molar-refractivity contribution < 1.29 is 13.2 Å². The topological polar surface area (TPSA) is 101 Å². The van der Waals surface area contributed by atoms with Gasteiger partial charge in [-0.1, -0.05) is 13.3 Å². The van der Waals surface area contributed by atoms with Crippen molar-refractivity contribution in [3.8, 4) is 0 Å². The largest absolute Gasteiger partial charge is 0.365 e. The molecule has 2 heterocycles. The molecule has 0 radical (unpaired) electrons. The van der Waals surface area contributed by atoms with Crippen molar-refractivity contribution >= 4 is 21.6 Å². The molecule has 0 saturated carbocycles. The Kier molecular flexibility index (Phi) is 5.11. The van der Waals surface area contributed by atoms with Gasteiger partial charge in [0.15, 0.2) is 9.84 Å². The highest BCUT2D eigenvalue weighted by Crippen LogP contribution is 2.15. The molecule has 0 spiro atoms. The van der Waals surface area contributed by atoms with E-state index in [0.29, 0.717) is 18.8 Å². The molecule has 1 aromatic heterocycles. The lowest BCUT2D eigenvalue weighted by molar-refractivity contribution is 0.0948. The number of nitrogens with zero attached hydrogens (tertiary/aromatic N) is 2. The van der Waals surface area contributed by atoms with Crippen LogP contribution in [0.5, 0.6) is 0 Å². The van der Waals surface area contributed by atoms with E-state index in [0.717, 1.165) is 12.8 Å². The first-order chi connectivity index (χ1) is 10.00. The summed E-state index contributed by atoms with van der Waals surface area (Å²) in [6.45, 7) is 2.67. The van der Waals surface area contributed by atoms with Crippen LogP contribution in [0.15, 0.2) is 12.4 Å². The SMILES string of the molecule is CCCCNC(=O)c1cnc(NC2CCS(=O)(=O)C2)cn1. The van der Waals surface area contributed by atoms with Gasteiger partial charge < -0.3 is 10.6 Å². The van der Waals surface area contributed by atoms with Gasteiger partial charge in [0.25, 0.3) is 5.91 Å². The van der Waals surface area contributed by atoms with Crippen LogP contribution in [0.2, 0.25) is 0 Å². The van der Waals surface area contributed by atoms with Crippen LogP contribution in [0.4, 0.5) is 5.82 Å². The van der Waals surface area contributed by atoms with E-state index in [1.807, 2.05) is 0 Å². The van der Waals surface area contributed by atoms with Crippen LogP contribution in [0, 0.1) is 0 Å².